The van der Waals surface area contributed by atoms with Crippen LogP contribution in [-0.4, -0.2) is 24.4 Å². The number of rotatable bonds is 3. The molecule has 5 nitrogen and oxygen atoms in total. The van der Waals surface area contributed by atoms with E-state index in [2.05, 4.69) is 19.1 Å². The molecule has 6 heteroatoms. The van der Waals surface area contributed by atoms with E-state index in [0.29, 0.717) is 16.5 Å². The molecule has 0 spiro atoms. The Hall–Kier alpha value is -1.95. The highest BCUT2D eigenvalue weighted by Gasteiger charge is 2.60. The summed E-state index contributed by atoms with van der Waals surface area (Å²) in [5, 5.41) is 0.511. The molecule has 27 heavy (non-hydrogen) atoms. The molecule has 1 saturated carbocycles. The number of allylic oxidation sites excluding steroid dienone is 2. The van der Waals surface area contributed by atoms with Crippen LogP contribution in [0.2, 0.25) is 0 Å². The summed E-state index contributed by atoms with van der Waals surface area (Å²) in [6.07, 6.45) is 7.79. The predicted molar refractivity (Wildman–Crippen MR) is 102 cm³/mol. The summed E-state index contributed by atoms with van der Waals surface area (Å²) in [6.45, 7) is 4.26. The van der Waals surface area contributed by atoms with Crippen molar-refractivity contribution in [3.8, 4) is 0 Å². The zero-order valence-electron chi connectivity index (χ0n) is 15.6. The fourth-order valence-corrected chi connectivity index (χ4v) is 6.92. The van der Waals surface area contributed by atoms with E-state index in [1.54, 1.807) is 6.92 Å². The molecule has 2 heterocycles. The first-order valence-electron chi connectivity index (χ1n) is 9.89. The maximum absolute atomic E-state index is 13.2. The van der Waals surface area contributed by atoms with Crippen molar-refractivity contribution in [2.24, 2.45) is 29.6 Å². The lowest BCUT2D eigenvalue weighted by atomic mass is 9.85. The van der Waals surface area contributed by atoms with Gasteiger partial charge in [-0.15, -0.1) is 11.3 Å². The number of thiophene rings is 1. The molecular weight excluding hydrogens is 362 g/mol. The third-order valence-corrected chi connectivity index (χ3v) is 7.89. The van der Waals surface area contributed by atoms with Gasteiger partial charge in [-0.1, -0.05) is 19.1 Å². The minimum absolute atomic E-state index is 0.126. The van der Waals surface area contributed by atoms with Crippen LogP contribution in [0.3, 0.4) is 0 Å². The van der Waals surface area contributed by atoms with Crippen molar-refractivity contribution in [3.05, 3.63) is 28.2 Å². The first kappa shape index (κ1) is 17.2. The van der Waals surface area contributed by atoms with Gasteiger partial charge in [0.15, 0.2) is 0 Å². The van der Waals surface area contributed by atoms with Gasteiger partial charge >= 0.3 is 5.97 Å². The van der Waals surface area contributed by atoms with Crippen molar-refractivity contribution in [1.82, 2.24) is 0 Å². The number of anilines is 1. The van der Waals surface area contributed by atoms with Gasteiger partial charge in [-0.25, -0.2) is 9.69 Å². The van der Waals surface area contributed by atoms with Crippen LogP contribution < -0.4 is 4.90 Å². The first-order chi connectivity index (χ1) is 13.0. The quantitative estimate of drug-likeness (QED) is 0.455. The van der Waals surface area contributed by atoms with Crippen LogP contribution in [0.4, 0.5) is 5.00 Å². The molecule has 0 unspecified atom stereocenters. The van der Waals surface area contributed by atoms with Gasteiger partial charge in [-0.3, -0.25) is 9.59 Å². The maximum Gasteiger partial charge on any atom is 0.341 e. The highest BCUT2D eigenvalue weighted by atomic mass is 32.1. The number of ether oxygens (including phenoxy) is 1. The number of fused-ring (bicyclic) bond motifs is 6. The van der Waals surface area contributed by atoms with Crippen molar-refractivity contribution in [2.45, 2.75) is 39.5 Å². The van der Waals surface area contributed by atoms with Crippen LogP contribution >= 0.6 is 11.3 Å². The normalized spacial score (nSPS) is 33.6. The van der Waals surface area contributed by atoms with E-state index in [0.717, 1.165) is 36.1 Å². The topological polar surface area (TPSA) is 63.7 Å². The van der Waals surface area contributed by atoms with Crippen LogP contribution in [0.15, 0.2) is 12.2 Å². The van der Waals surface area contributed by atoms with Gasteiger partial charge in [-0.2, -0.15) is 0 Å². The summed E-state index contributed by atoms with van der Waals surface area (Å²) in [6, 6.07) is 0. The Kier molecular flexibility index (Phi) is 3.83. The van der Waals surface area contributed by atoms with E-state index in [4.69, 9.17) is 4.74 Å². The van der Waals surface area contributed by atoms with E-state index in [9.17, 15) is 14.4 Å². The van der Waals surface area contributed by atoms with E-state index in [-0.39, 0.29) is 42.1 Å². The molecule has 5 rings (SSSR count). The van der Waals surface area contributed by atoms with Crippen molar-refractivity contribution in [1.29, 1.82) is 0 Å². The number of carbonyl (C=O) groups excluding carboxylic acids is 3. The Labute approximate surface area is 162 Å². The zero-order valence-corrected chi connectivity index (χ0v) is 16.4. The van der Waals surface area contributed by atoms with E-state index in [1.165, 1.54) is 16.2 Å². The van der Waals surface area contributed by atoms with Gasteiger partial charge in [0.2, 0.25) is 11.8 Å². The Morgan fingerprint density at radius 3 is 2.52 bits per heavy atom. The average Bonchev–Trinajstić information content (AvgIpc) is 3.36. The summed E-state index contributed by atoms with van der Waals surface area (Å²) in [7, 11) is 0. The molecule has 2 fully saturated rings. The highest BCUT2D eigenvalue weighted by molar-refractivity contribution is 7.17. The summed E-state index contributed by atoms with van der Waals surface area (Å²) in [5.41, 5.74) is 1.45. The highest BCUT2D eigenvalue weighted by Crippen LogP contribution is 2.55. The van der Waals surface area contributed by atoms with Crippen LogP contribution in [0.25, 0.3) is 0 Å². The van der Waals surface area contributed by atoms with E-state index in [1.807, 2.05) is 0 Å². The number of nitrogens with zero attached hydrogens (tertiary/aromatic N) is 1. The van der Waals surface area contributed by atoms with E-state index < -0.39 is 5.97 Å². The molecule has 0 radical (unpaired) electrons. The van der Waals surface area contributed by atoms with Gasteiger partial charge in [-0.05, 0) is 55.9 Å². The number of esters is 1. The smallest absolute Gasteiger partial charge is 0.341 e. The molecule has 0 N–H and O–H groups in total. The van der Waals surface area contributed by atoms with E-state index >= 15 is 0 Å². The molecule has 2 amide bonds. The SMILES string of the molecule is CCOC(=O)c1c(N2C(=O)[C@@H]3[C@H](C2=O)[C@@H]2C=C[C@H]3C2)sc2c1CC[C@@H](C)C2. The predicted octanol–water partition coefficient (Wildman–Crippen LogP) is 3.36. The third kappa shape index (κ3) is 2.32. The lowest BCUT2D eigenvalue weighted by molar-refractivity contribution is -0.123. The summed E-state index contributed by atoms with van der Waals surface area (Å²) < 4.78 is 5.30. The number of hydrogen-bond donors (Lipinski definition) is 0. The van der Waals surface area contributed by atoms with Crippen molar-refractivity contribution in [3.63, 3.8) is 0 Å². The van der Waals surface area contributed by atoms with Crippen LogP contribution in [0, 0.1) is 29.6 Å². The Morgan fingerprint density at radius 1 is 1.22 bits per heavy atom. The molecular formula is C21H23NO4S. The maximum atomic E-state index is 13.2. The zero-order chi connectivity index (χ0) is 18.9. The van der Waals surface area contributed by atoms with Gasteiger partial charge in [0.05, 0.1) is 24.0 Å². The van der Waals surface area contributed by atoms with Crippen molar-refractivity contribution < 1.29 is 19.1 Å². The standard InChI is InChI=1S/C21H23NO4S/c1-3-26-21(25)17-13-7-4-10(2)8-14(13)27-20(17)22-18(23)15-11-5-6-12(9-11)16(15)19(22)24/h5-6,10-12,15-16H,3-4,7-9H2,1-2H3/t10-,11-,12+,15-,16+/m1/s1. The minimum Gasteiger partial charge on any atom is -0.462 e. The number of amides is 2. The molecule has 2 bridgehead atoms. The summed E-state index contributed by atoms with van der Waals surface area (Å²) in [4.78, 5) is 41.7. The van der Waals surface area contributed by atoms with Crippen LogP contribution in [0.1, 0.15) is 47.5 Å². The number of hydrogen-bond acceptors (Lipinski definition) is 5. The molecule has 5 atom stereocenters. The third-order valence-electron chi connectivity index (χ3n) is 6.65. The van der Waals surface area contributed by atoms with Crippen LogP contribution in [-0.2, 0) is 27.2 Å². The largest absolute Gasteiger partial charge is 0.462 e. The molecule has 0 aromatic carbocycles. The molecule has 1 aliphatic heterocycles. The van der Waals surface area contributed by atoms with Gasteiger partial charge in [0.25, 0.3) is 0 Å². The Balaban J connectivity index is 1.60. The molecule has 3 aliphatic carbocycles. The Bertz CT molecular complexity index is 855. The minimum atomic E-state index is -0.404. The van der Waals surface area contributed by atoms with Gasteiger partial charge in [0.1, 0.15) is 5.00 Å². The fraction of sp³-hybridized carbons (Fsp3) is 0.571. The van der Waals surface area contributed by atoms with Crippen molar-refractivity contribution >= 4 is 34.1 Å². The lowest BCUT2D eigenvalue weighted by Gasteiger charge is -2.19. The molecule has 4 aliphatic rings. The number of carbonyl (C=O) groups is 3. The summed E-state index contributed by atoms with van der Waals surface area (Å²) in [5.74, 6) is -0.273. The lowest BCUT2D eigenvalue weighted by Crippen LogP contribution is -2.33. The van der Waals surface area contributed by atoms with Crippen LogP contribution in [0.5, 0.6) is 0 Å². The second kappa shape index (κ2) is 6.03. The summed E-state index contributed by atoms with van der Waals surface area (Å²) >= 11 is 1.45. The second-order valence-corrected chi connectivity index (χ2v) is 9.35. The molecule has 1 saturated heterocycles. The Morgan fingerprint density at radius 2 is 1.89 bits per heavy atom. The second-order valence-electron chi connectivity index (χ2n) is 8.26. The molecule has 142 valence electrons. The monoisotopic (exact) mass is 385 g/mol. The van der Waals surface area contributed by atoms with Gasteiger partial charge in [0, 0.05) is 4.88 Å². The number of imide groups is 1. The molecule has 1 aromatic rings. The fourth-order valence-electron chi connectivity index (χ4n) is 5.41. The molecule has 1 aromatic heterocycles. The van der Waals surface area contributed by atoms with Crippen molar-refractivity contribution in [2.75, 3.05) is 11.5 Å². The average molecular weight is 385 g/mol. The van der Waals surface area contributed by atoms with Gasteiger partial charge < -0.3 is 4.74 Å². The first-order valence-corrected chi connectivity index (χ1v) is 10.7.